The first kappa shape index (κ1) is 15.9. The first-order chi connectivity index (χ1) is 10.0. The lowest BCUT2D eigenvalue weighted by molar-refractivity contribution is 0.581. The van der Waals surface area contributed by atoms with E-state index in [9.17, 15) is 12.8 Å². The van der Waals surface area contributed by atoms with E-state index >= 15 is 0 Å². The van der Waals surface area contributed by atoms with Crippen molar-refractivity contribution in [3.63, 3.8) is 0 Å². The second kappa shape index (κ2) is 6.97. The lowest BCUT2D eigenvalue weighted by atomic mass is 10.2. The lowest BCUT2D eigenvalue weighted by Gasteiger charge is -2.09. The van der Waals surface area contributed by atoms with Crippen LogP contribution in [-0.2, 0) is 16.6 Å². The van der Waals surface area contributed by atoms with Crippen LogP contribution in [0.2, 0.25) is 0 Å². The summed E-state index contributed by atoms with van der Waals surface area (Å²) in [4.78, 5) is 3.89. The zero-order valence-corrected chi connectivity index (χ0v) is 13.1. The Morgan fingerprint density at radius 1 is 1.38 bits per heavy atom. The van der Waals surface area contributed by atoms with Crippen LogP contribution in [0.5, 0.6) is 0 Å². The Morgan fingerprint density at radius 3 is 2.86 bits per heavy atom. The number of aromatic nitrogens is 1. The minimum Gasteiger partial charge on any atom is -0.313 e. The number of benzene rings is 1. The number of sulfonamides is 1. The van der Waals surface area contributed by atoms with Gasteiger partial charge in [0.2, 0.25) is 0 Å². The Bertz CT molecular complexity index is 687. The summed E-state index contributed by atoms with van der Waals surface area (Å²) in [6.07, 6.45) is 2.43. The van der Waals surface area contributed by atoms with Crippen molar-refractivity contribution < 1.29 is 12.8 Å². The number of nitrogens with one attached hydrogen (secondary N) is 2. The average molecular weight is 329 g/mol. The van der Waals surface area contributed by atoms with Crippen molar-refractivity contribution in [1.82, 2.24) is 10.3 Å². The molecule has 1 aromatic heterocycles. The van der Waals surface area contributed by atoms with Crippen LogP contribution in [0.4, 0.5) is 9.52 Å². The van der Waals surface area contributed by atoms with Crippen LogP contribution in [-0.4, -0.2) is 19.9 Å². The van der Waals surface area contributed by atoms with Crippen LogP contribution in [0.1, 0.15) is 18.9 Å². The van der Waals surface area contributed by atoms with Gasteiger partial charge in [0.05, 0.1) is 4.90 Å². The van der Waals surface area contributed by atoms with E-state index in [-0.39, 0.29) is 10.0 Å². The van der Waals surface area contributed by atoms with Crippen molar-refractivity contribution in [1.29, 1.82) is 0 Å². The maximum atomic E-state index is 13.7. The Hall–Kier alpha value is -1.51. The molecular weight excluding hydrogens is 313 g/mol. The van der Waals surface area contributed by atoms with Gasteiger partial charge in [0.25, 0.3) is 10.0 Å². The fourth-order valence-electron chi connectivity index (χ4n) is 1.70. The van der Waals surface area contributed by atoms with Gasteiger partial charge in [0.1, 0.15) is 5.82 Å². The fraction of sp³-hybridized carbons (Fsp3) is 0.308. The molecule has 0 unspecified atom stereocenters. The number of rotatable bonds is 7. The van der Waals surface area contributed by atoms with Gasteiger partial charge in [-0.3, -0.25) is 4.72 Å². The third-order valence-electron chi connectivity index (χ3n) is 2.72. The van der Waals surface area contributed by atoms with Crippen molar-refractivity contribution in [3.05, 3.63) is 41.2 Å². The highest BCUT2D eigenvalue weighted by Gasteiger charge is 2.17. The first-order valence-corrected chi connectivity index (χ1v) is 8.80. The second-order valence-corrected chi connectivity index (χ2v) is 6.95. The molecule has 0 saturated heterocycles. The maximum absolute atomic E-state index is 13.7. The first-order valence-electron chi connectivity index (χ1n) is 6.44. The fourth-order valence-corrected chi connectivity index (χ4v) is 3.54. The number of hydrogen-bond donors (Lipinski definition) is 2. The average Bonchev–Trinajstić information content (AvgIpc) is 2.93. The van der Waals surface area contributed by atoms with Gasteiger partial charge in [-0.25, -0.2) is 17.8 Å². The second-order valence-electron chi connectivity index (χ2n) is 4.37. The standard InChI is InChI=1S/C13H16FN3O2S2/c1-2-5-15-9-10-8-11(3-4-12(10)14)21(18,19)17-13-16-6-7-20-13/h3-4,6-8,15H,2,5,9H2,1H3,(H,16,17). The minimum atomic E-state index is -3.75. The molecule has 0 atom stereocenters. The molecule has 5 nitrogen and oxygen atoms in total. The van der Waals surface area contributed by atoms with Crippen LogP contribution >= 0.6 is 11.3 Å². The van der Waals surface area contributed by atoms with E-state index in [1.165, 1.54) is 35.7 Å². The van der Waals surface area contributed by atoms with Crippen molar-refractivity contribution in [2.24, 2.45) is 0 Å². The van der Waals surface area contributed by atoms with Crippen molar-refractivity contribution in [2.45, 2.75) is 24.8 Å². The van der Waals surface area contributed by atoms with Crippen LogP contribution in [0.25, 0.3) is 0 Å². The minimum absolute atomic E-state index is 0.0207. The number of nitrogens with zero attached hydrogens (tertiary/aromatic N) is 1. The highest BCUT2D eigenvalue weighted by atomic mass is 32.2. The van der Waals surface area contributed by atoms with Crippen molar-refractivity contribution in [2.75, 3.05) is 11.3 Å². The molecule has 0 aliphatic rings. The van der Waals surface area contributed by atoms with E-state index in [0.29, 0.717) is 12.1 Å². The van der Waals surface area contributed by atoms with E-state index in [2.05, 4.69) is 15.0 Å². The van der Waals surface area contributed by atoms with Crippen LogP contribution in [0.3, 0.4) is 0 Å². The number of anilines is 1. The molecule has 0 saturated carbocycles. The molecule has 2 N–H and O–H groups in total. The summed E-state index contributed by atoms with van der Waals surface area (Å²) >= 11 is 1.18. The zero-order chi connectivity index (χ0) is 15.3. The third kappa shape index (κ3) is 4.23. The Balaban J connectivity index is 2.20. The van der Waals surface area contributed by atoms with Gasteiger partial charge in [-0.15, -0.1) is 11.3 Å². The predicted molar refractivity (Wildman–Crippen MR) is 81.3 cm³/mol. The third-order valence-corrected chi connectivity index (χ3v) is 4.88. The summed E-state index contributed by atoms with van der Waals surface area (Å²) in [6, 6.07) is 3.75. The van der Waals surface area contributed by atoms with Crippen LogP contribution in [0, 0.1) is 5.82 Å². The quantitative estimate of drug-likeness (QED) is 0.766. The molecule has 0 spiro atoms. The summed E-state index contributed by atoms with van der Waals surface area (Å²) in [5.74, 6) is -0.424. The summed E-state index contributed by atoms with van der Waals surface area (Å²) in [5.41, 5.74) is 0.325. The molecule has 1 heterocycles. The molecule has 1 aromatic carbocycles. The molecule has 0 aliphatic carbocycles. The molecule has 0 fully saturated rings. The van der Waals surface area contributed by atoms with E-state index in [1.54, 1.807) is 5.38 Å². The summed E-state index contributed by atoms with van der Waals surface area (Å²) in [7, 11) is -3.75. The molecule has 114 valence electrons. The Labute approximate surface area is 127 Å². The molecule has 8 heteroatoms. The van der Waals surface area contributed by atoms with Gasteiger partial charge >= 0.3 is 0 Å². The van der Waals surface area contributed by atoms with Gasteiger partial charge in [-0.05, 0) is 31.2 Å². The monoisotopic (exact) mass is 329 g/mol. The highest BCUT2D eigenvalue weighted by molar-refractivity contribution is 7.93. The van der Waals surface area contributed by atoms with E-state index < -0.39 is 15.8 Å². The molecular formula is C13H16FN3O2S2. The zero-order valence-electron chi connectivity index (χ0n) is 11.5. The molecule has 0 aliphatic heterocycles. The van der Waals surface area contributed by atoms with Gasteiger partial charge in [-0.2, -0.15) is 0 Å². The van der Waals surface area contributed by atoms with Gasteiger partial charge in [0.15, 0.2) is 5.13 Å². The number of thiazole rings is 1. The van der Waals surface area contributed by atoms with Crippen molar-refractivity contribution >= 4 is 26.5 Å². The summed E-state index contributed by atoms with van der Waals surface area (Å²) in [5, 5.41) is 5.00. The highest BCUT2D eigenvalue weighted by Crippen LogP contribution is 2.20. The predicted octanol–water partition coefficient (Wildman–Crippen LogP) is 2.58. The summed E-state index contributed by atoms with van der Waals surface area (Å²) in [6.45, 7) is 3.04. The summed E-state index contributed by atoms with van der Waals surface area (Å²) < 4.78 is 40.5. The van der Waals surface area contributed by atoms with E-state index in [1.807, 2.05) is 6.92 Å². The molecule has 2 aromatic rings. The van der Waals surface area contributed by atoms with Gasteiger partial charge in [0, 0.05) is 23.7 Å². The van der Waals surface area contributed by atoms with Crippen LogP contribution in [0.15, 0.2) is 34.7 Å². The van der Waals surface area contributed by atoms with Crippen molar-refractivity contribution in [3.8, 4) is 0 Å². The molecule has 0 radical (unpaired) electrons. The topological polar surface area (TPSA) is 71.1 Å². The Kier molecular flexibility index (Phi) is 5.27. The lowest BCUT2D eigenvalue weighted by Crippen LogP contribution is -2.17. The molecule has 0 bridgehead atoms. The largest absolute Gasteiger partial charge is 0.313 e. The van der Waals surface area contributed by atoms with E-state index in [0.717, 1.165) is 13.0 Å². The van der Waals surface area contributed by atoms with E-state index in [4.69, 9.17) is 0 Å². The smallest absolute Gasteiger partial charge is 0.263 e. The SMILES string of the molecule is CCCNCc1cc(S(=O)(=O)Nc2nccs2)ccc1F. The number of hydrogen-bond acceptors (Lipinski definition) is 5. The molecule has 2 rings (SSSR count). The van der Waals surface area contributed by atoms with Gasteiger partial charge in [-0.1, -0.05) is 6.92 Å². The normalized spacial score (nSPS) is 11.5. The molecule has 0 amide bonds. The Morgan fingerprint density at radius 2 is 2.19 bits per heavy atom. The maximum Gasteiger partial charge on any atom is 0.263 e. The number of halogens is 1. The molecule has 21 heavy (non-hydrogen) atoms. The van der Waals surface area contributed by atoms with Crippen LogP contribution < -0.4 is 10.0 Å². The van der Waals surface area contributed by atoms with Gasteiger partial charge < -0.3 is 5.32 Å².